The quantitative estimate of drug-likeness (QED) is 0.395. The maximum Gasteiger partial charge on any atom is 0.197 e. The number of nitrogens with zero attached hydrogens (tertiary/aromatic N) is 2. The van der Waals surface area contributed by atoms with E-state index in [2.05, 4.69) is 0 Å². The molecule has 0 unspecified atom stereocenters. The van der Waals surface area contributed by atoms with Crippen LogP contribution in [0.5, 0.6) is 0 Å². The normalized spacial score (nSPS) is 11.8. The molecule has 5 aromatic rings. The fourth-order valence-corrected chi connectivity index (χ4v) is 4.13. The average molecular weight is 354 g/mol. The van der Waals surface area contributed by atoms with Gasteiger partial charge in [0.05, 0.1) is 22.1 Å². The van der Waals surface area contributed by atoms with E-state index in [0.29, 0.717) is 21.5 Å². The predicted molar refractivity (Wildman–Crippen MR) is 112 cm³/mol. The van der Waals surface area contributed by atoms with Crippen LogP contribution in [0.15, 0.2) is 64.2 Å². The predicted octanol–water partition coefficient (Wildman–Crippen LogP) is 4.01. The van der Waals surface area contributed by atoms with Crippen LogP contribution in [0.2, 0.25) is 0 Å². The monoisotopic (exact) mass is 354 g/mol. The molecule has 0 aliphatic carbocycles. The molecule has 0 radical (unpaired) electrons. The van der Waals surface area contributed by atoms with Crippen LogP contribution in [0.3, 0.4) is 0 Å². The fraction of sp³-hybridized carbons (Fsp3) is 0.130. The highest BCUT2D eigenvalue weighted by Gasteiger charge is 2.14. The summed E-state index contributed by atoms with van der Waals surface area (Å²) in [4.78, 5) is 26.3. The molecule has 132 valence electrons. The van der Waals surface area contributed by atoms with Crippen molar-refractivity contribution in [3.8, 4) is 0 Å². The van der Waals surface area contributed by atoms with E-state index in [4.69, 9.17) is 0 Å². The zero-order valence-electron chi connectivity index (χ0n) is 15.4. The van der Waals surface area contributed by atoms with Gasteiger partial charge in [-0.1, -0.05) is 23.8 Å². The van der Waals surface area contributed by atoms with Gasteiger partial charge in [0.15, 0.2) is 10.9 Å². The fourth-order valence-electron chi connectivity index (χ4n) is 4.13. The summed E-state index contributed by atoms with van der Waals surface area (Å²) in [5.41, 5.74) is 4.34. The van der Waals surface area contributed by atoms with Crippen LogP contribution >= 0.6 is 0 Å². The van der Waals surface area contributed by atoms with Crippen LogP contribution in [-0.4, -0.2) is 9.13 Å². The largest absolute Gasteiger partial charge is 0.343 e. The van der Waals surface area contributed by atoms with E-state index in [1.807, 2.05) is 84.8 Å². The lowest BCUT2D eigenvalue weighted by molar-refractivity contribution is 0.993. The van der Waals surface area contributed by atoms with Gasteiger partial charge in [-0.15, -0.1) is 0 Å². The molecule has 0 aliphatic heterocycles. The Morgan fingerprint density at radius 1 is 0.593 bits per heavy atom. The summed E-state index contributed by atoms with van der Waals surface area (Å²) in [6.45, 7) is 1.99. The van der Waals surface area contributed by atoms with Gasteiger partial charge in [-0.3, -0.25) is 9.59 Å². The number of para-hydroxylation sites is 1. The molecule has 27 heavy (non-hydrogen) atoms. The van der Waals surface area contributed by atoms with E-state index in [-0.39, 0.29) is 10.9 Å². The van der Waals surface area contributed by atoms with Crippen molar-refractivity contribution in [2.45, 2.75) is 6.92 Å². The number of aryl methyl sites for hydroxylation is 3. The maximum absolute atomic E-state index is 13.2. The molecule has 2 aromatic heterocycles. The SMILES string of the molecule is Cc1ccc2c(c1)c(=O)c1cc3c(cc1n2C)c(=O)c1ccccc1n3C. The van der Waals surface area contributed by atoms with Gasteiger partial charge in [0.25, 0.3) is 0 Å². The number of fused-ring (bicyclic) bond motifs is 4. The number of rotatable bonds is 0. The van der Waals surface area contributed by atoms with Gasteiger partial charge in [-0.05, 0) is 43.3 Å². The van der Waals surface area contributed by atoms with Gasteiger partial charge in [-0.25, -0.2) is 0 Å². The van der Waals surface area contributed by atoms with Crippen molar-refractivity contribution >= 4 is 43.6 Å². The van der Waals surface area contributed by atoms with Gasteiger partial charge < -0.3 is 9.13 Å². The molecule has 0 atom stereocenters. The summed E-state index contributed by atoms with van der Waals surface area (Å²) in [5, 5.41) is 2.65. The topological polar surface area (TPSA) is 44.0 Å². The summed E-state index contributed by atoms with van der Waals surface area (Å²) in [7, 11) is 3.88. The minimum atomic E-state index is -0.00273. The Hall–Kier alpha value is -3.40. The third-order valence-electron chi connectivity index (χ3n) is 5.59. The first-order chi connectivity index (χ1) is 13.0. The molecule has 0 bridgehead atoms. The van der Waals surface area contributed by atoms with Crippen LogP contribution in [0.1, 0.15) is 5.56 Å². The minimum absolute atomic E-state index is 0.00273. The zero-order chi connectivity index (χ0) is 18.9. The summed E-state index contributed by atoms with van der Waals surface area (Å²) in [5.74, 6) is 0. The van der Waals surface area contributed by atoms with Gasteiger partial charge in [0, 0.05) is 35.6 Å². The van der Waals surface area contributed by atoms with Crippen LogP contribution in [0, 0.1) is 6.92 Å². The molecule has 0 amide bonds. The van der Waals surface area contributed by atoms with Crippen LogP contribution in [-0.2, 0) is 14.1 Å². The lowest BCUT2D eigenvalue weighted by Gasteiger charge is -2.14. The van der Waals surface area contributed by atoms with Gasteiger partial charge in [-0.2, -0.15) is 0 Å². The summed E-state index contributed by atoms with van der Waals surface area (Å²) >= 11 is 0. The molecule has 0 aliphatic rings. The highest BCUT2D eigenvalue weighted by molar-refractivity contribution is 6.03. The van der Waals surface area contributed by atoms with E-state index in [1.54, 1.807) is 0 Å². The highest BCUT2D eigenvalue weighted by atomic mass is 16.1. The van der Waals surface area contributed by atoms with Crippen LogP contribution in [0.4, 0.5) is 0 Å². The first kappa shape index (κ1) is 15.8. The second-order valence-electron chi connectivity index (χ2n) is 7.20. The van der Waals surface area contributed by atoms with Crippen molar-refractivity contribution in [3.05, 3.63) is 80.6 Å². The highest BCUT2D eigenvalue weighted by Crippen LogP contribution is 2.25. The van der Waals surface area contributed by atoms with Gasteiger partial charge >= 0.3 is 0 Å². The smallest absolute Gasteiger partial charge is 0.197 e. The lowest BCUT2D eigenvalue weighted by atomic mass is 10.0. The molecule has 0 N–H and O–H groups in total. The van der Waals surface area contributed by atoms with Crippen molar-refractivity contribution in [2.24, 2.45) is 14.1 Å². The van der Waals surface area contributed by atoms with E-state index in [1.165, 1.54) is 0 Å². The Labute approximate surface area is 154 Å². The van der Waals surface area contributed by atoms with Crippen LogP contribution in [0.25, 0.3) is 43.6 Å². The standard InChI is InChI=1S/C23H18N2O2/c1-13-8-9-19-15(10-13)23(27)17-12-20-16(11-21(17)25(19)3)22(26)14-6-4-5-7-18(14)24(20)2/h4-12H,1-3H3. The average Bonchev–Trinajstić information content (AvgIpc) is 2.69. The Morgan fingerprint density at radius 3 is 1.78 bits per heavy atom. The van der Waals surface area contributed by atoms with Crippen molar-refractivity contribution in [1.29, 1.82) is 0 Å². The Bertz CT molecular complexity index is 1540. The Balaban J connectivity index is 2.10. The third kappa shape index (κ3) is 2.04. The second-order valence-corrected chi connectivity index (χ2v) is 7.20. The third-order valence-corrected chi connectivity index (χ3v) is 5.59. The second kappa shape index (κ2) is 5.30. The number of hydrogen-bond acceptors (Lipinski definition) is 2. The summed E-state index contributed by atoms with van der Waals surface area (Å²) in [6, 6.07) is 17.2. The molecule has 0 saturated heterocycles. The number of benzene rings is 3. The Morgan fingerprint density at radius 2 is 1.11 bits per heavy atom. The summed E-state index contributed by atoms with van der Waals surface area (Å²) in [6.07, 6.45) is 0. The maximum atomic E-state index is 13.2. The molecule has 2 heterocycles. The first-order valence-corrected chi connectivity index (χ1v) is 8.92. The molecule has 3 aromatic carbocycles. The van der Waals surface area contributed by atoms with Crippen molar-refractivity contribution in [2.75, 3.05) is 0 Å². The van der Waals surface area contributed by atoms with E-state index in [0.717, 1.165) is 27.6 Å². The molecule has 0 saturated carbocycles. The van der Waals surface area contributed by atoms with Crippen molar-refractivity contribution in [3.63, 3.8) is 0 Å². The molecule has 4 nitrogen and oxygen atoms in total. The Kier molecular flexibility index (Phi) is 3.11. The number of pyridine rings is 2. The lowest BCUT2D eigenvalue weighted by Crippen LogP contribution is -2.13. The number of aromatic nitrogens is 2. The van der Waals surface area contributed by atoms with Gasteiger partial charge in [0.1, 0.15) is 0 Å². The molecular weight excluding hydrogens is 336 g/mol. The van der Waals surface area contributed by atoms with E-state index >= 15 is 0 Å². The van der Waals surface area contributed by atoms with E-state index < -0.39 is 0 Å². The molecule has 0 spiro atoms. The van der Waals surface area contributed by atoms with Crippen molar-refractivity contribution in [1.82, 2.24) is 9.13 Å². The minimum Gasteiger partial charge on any atom is -0.343 e. The van der Waals surface area contributed by atoms with Gasteiger partial charge in [0.2, 0.25) is 0 Å². The number of hydrogen-bond donors (Lipinski definition) is 0. The molecular formula is C23H18N2O2. The van der Waals surface area contributed by atoms with Crippen LogP contribution < -0.4 is 10.9 Å². The van der Waals surface area contributed by atoms with Crippen molar-refractivity contribution < 1.29 is 0 Å². The zero-order valence-corrected chi connectivity index (χ0v) is 15.4. The first-order valence-electron chi connectivity index (χ1n) is 8.92. The molecule has 0 fully saturated rings. The molecule has 5 rings (SSSR count). The summed E-state index contributed by atoms with van der Waals surface area (Å²) < 4.78 is 3.99. The molecule has 4 heteroatoms. The van der Waals surface area contributed by atoms with E-state index in [9.17, 15) is 9.59 Å².